The minimum atomic E-state index is -0.429. The predicted octanol–water partition coefficient (Wildman–Crippen LogP) is 3.25. The second-order valence-electron chi connectivity index (χ2n) is 6.79. The van der Waals surface area contributed by atoms with Gasteiger partial charge in [0.05, 0.1) is 20.7 Å². The highest BCUT2D eigenvalue weighted by Crippen LogP contribution is 2.31. The van der Waals surface area contributed by atoms with Gasteiger partial charge < -0.3 is 18.6 Å². The smallest absolute Gasteiger partial charge is 0.373 e. The molecule has 2 aromatic heterocycles. The summed E-state index contributed by atoms with van der Waals surface area (Å²) in [5.74, 6) is 0.659. The molecule has 4 rings (SSSR count). The fourth-order valence-electron chi connectivity index (χ4n) is 3.68. The maximum atomic E-state index is 11.5. The van der Waals surface area contributed by atoms with E-state index in [0.29, 0.717) is 0 Å². The van der Waals surface area contributed by atoms with Crippen molar-refractivity contribution in [3.63, 3.8) is 0 Å². The van der Waals surface area contributed by atoms with Gasteiger partial charge in [-0.15, -0.1) is 0 Å². The van der Waals surface area contributed by atoms with Gasteiger partial charge in [-0.1, -0.05) is 18.2 Å². The van der Waals surface area contributed by atoms with Crippen molar-refractivity contribution in [2.24, 2.45) is 0 Å². The molecular formula is C19H21N2O3+. The number of H-pyrrole nitrogens is 1. The number of aromatic nitrogens is 1. The number of para-hydroxylation sites is 1. The van der Waals surface area contributed by atoms with Crippen LogP contribution >= 0.6 is 0 Å². The largest absolute Gasteiger partial charge is 0.463 e. The van der Waals surface area contributed by atoms with Gasteiger partial charge in [-0.05, 0) is 18.2 Å². The number of esters is 1. The van der Waals surface area contributed by atoms with Crippen molar-refractivity contribution in [3.8, 4) is 0 Å². The summed E-state index contributed by atoms with van der Waals surface area (Å²) in [6.07, 6.45) is 1.02. The number of carbonyl (C=O) groups is 1. The van der Waals surface area contributed by atoms with Crippen LogP contribution in [0, 0.1) is 0 Å². The number of methoxy groups -OCH3 is 1. The highest BCUT2D eigenvalue weighted by atomic mass is 16.5. The van der Waals surface area contributed by atoms with E-state index in [1.165, 1.54) is 29.3 Å². The molecule has 0 saturated carbocycles. The molecule has 0 spiro atoms. The summed E-state index contributed by atoms with van der Waals surface area (Å²) < 4.78 is 11.2. The molecule has 124 valence electrons. The molecule has 0 bridgehead atoms. The van der Waals surface area contributed by atoms with Gasteiger partial charge in [0, 0.05) is 28.6 Å². The maximum Gasteiger partial charge on any atom is 0.373 e. The van der Waals surface area contributed by atoms with Gasteiger partial charge in [0.2, 0.25) is 5.76 Å². The Kier molecular flexibility index (Phi) is 3.46. The zero-order chi connectivity index (χ0) is 16.7. The van der Waals surface area contributed by atoms with Crippen LogP contribution in [0.2, 0.25) is 0 Å². The Bertz CT molecular complexity index is 908. The van der Waals surface area contributed by atoms with Crippen molar-refractivity contribution in [1.82, 2.24) is 4.98 Å². The number of rotatable bonds is 3. The number of quaternary nitrogens is 1. The minimum absolute atomic E-state index is 0.267. The molecule has 1 aliphatic rings. The van der Waals surface area contributed by atoms with Crippen molar-refractivity contribution >= 4 is 16.9 Å². The first kappa shape index (κ1) is 15.0. The lowest BCUT2D eigenvalue weighted by molar-refractivity contribution is -0.938. The number of hydrogen-bond donors (Lipinski definition) is 1. The number of hydrogen-bond acceptors (Lipinski definition) is 3. The van der Waals surface area contributed by atoms with E-state index < -0.39 is 5.97 Å². The summed E-state index contributed by atoms with van der Waals surface area (Å²) in [6, 6.07) is 12.0. The van der Waals surface area contributed by atoms with Crippen molar-refractivity contribution < 1.29 is 18.4 Å². The molecule has 3 aromatic rings. The number of benzene rings is 1. The number of aromatic amines is 1. The van der Waals surface area contributed by atoms with Crippen LogP contribution in [-0.2, 0) is 24.2 Å². The molecule has 0 aliphatic carbocycles. The molecule has 0 fully saturated rings. The van der Waals surface area contributed by atoms with Gasteiger partial charge in [-0.3, -0.25) is 0 Å². The topological polar surface area (TPSA) is 55.2 Å². The molecule has 0 saturated heterocycles. The average Bonchev–Trinajstić information content (AvgIpc) is 3.18. The average molecular weight is 325 g/mol. The lowest BCUT2D eigenvalue weighted by Gasteiger charge is -2.37. The monoisotopic (exact) mass is 325 g/mol. The molecule has 0 unspecified atom stereocenters. The SMILES string of the molecule is COC(=O)c1ccc(C[N@+]2(C)CCc3[nH]c4ccccc4c3C2)o1. The number of likely N-dealkylation sites (N-methyl/N-ethyl adjacent to an activating group) is 1. The van der Waals surface area contributed by atoms with Crippen LogP contribution in [0.4, 0.5) is 0 Å². The maximum absolute atomic E-state index is 11.5. The summed E-state index contributed by atoms with van der Waals surface area (Å²) in [5.41, 5.74) is 3.96. The number of ether oxygens (including phenoxy) is 1. The van der Waals surface area contributed by atoms with E-state index in [0.717, 1.165) is 36.3 Å². The Morgan fingerprint density at radius 1 is 1.29 bits per heavy atom. The first-order valence-corrected chi connectivity index (χ1v) is 8.17. The molecule has 0 amide bonds. The van der Waals surface area contributed by atoms with Crippen LogP contribution in [-0.4, -0.2) is 36.1 Å². The van der Waals surface area contributed by atoms with E-state index in [4.69, 9.17) is 9.15 Å². The third kappa shape index (κ3) is 2.51. The van der Waals surface area contributed by atoms with E-state index in [1.807, 2.05) is 6.07 Å². The third-order valence-corrected chi connectivity index (χ3v) is 4.93. The Morgan fingerprint density at radius 2 is 2.12 bits per heavy atom. The first-order valence-electron chi connectivity index (χ1n) is 8.17. The summed E-state index contributed by atoms with van der Waals surface area (Å²) in [7, 11) is 3.60. The van der Waals surface area contributed by atoms with Gasteiger partial charge in [0.15, 0.2) is 5.76 Å². The van der Waals surface area contributed by atoms with Crippen LogP contribution in [0.1, 0.15) is 27.6 Å². The molecule has 1 atom stereocenters. The molecule has 5 nitrogen and oxygen atoms in total. The molecule has 1 aliphatic heterocycles. The number of nitrogens with zero attached hydrogens (tertiary/aromatic N) is 1. The highest BCUT2D eigenvalue weighted by Gasteiger charge is 2.32. The number of nitrogens with one attached hydrogen (secondary N) is 1. The molecule has 3 heterocycles. The van der Waals surface area contributed by atoms with E-state index >= 15 is 0 Å². The second-order valence-corrected chi connectivity index (χ2v) is 6.79. The van der Waals surface area contributed by atoms with Gasteiger partial charge in [-0.25, -0.2) is 4.79 Å². The third-order valence-electron chi connectivity index (χ3n) is 4.93. The van der Waals surface area contributed by atoms with Crippen LogP contribution < -0.4 is 0 Å². The standard InChI is InChI=1S/C19H21N2O3/c1-21(11-13-7-8-18(24-13)19(22)23-2)10-9-17-15(12-21)14-5-3-4-6-16(14)20-17/h3-8,20H,9-12H2,1-2H3/q+1/t21-/m0/s1. The zero-order valence-electron chi connectivity index (χ0n) is 14.0. The van der Waals surface area contributed by atoms with Crippen molar-refractivity contribution in [3.05, 3.63) is 59.2 Å². The Morgan fingerprint density at radius 3 is 2.96 bits per heavy atom. The predicted molar refractivity (Wildman–Crippen MR) is 90.5 cm³/mol. The van der Waals surface area contributed by atoms with Gasteiger partial charge in [0.25, 0.3) is 0 Å². The molecule has 1 aromatic carbocycles. The van der Waals surface area contributed by atoms with E-state index in [2.05, 4.69) is 36.3 Å². The summed E-state index contributed by atoms with van der Waals surface area (Å²) >= 11 is 0. The van der Waals surface area contributed by atoms with Gasteiger partial charge >= 0.3 is 5.97 Å². The quantitative estimate of drug-likeness (QED) is 0.594. The van der Waals surface area contributed by atoms with Crippen LogP contribution in [0.15, 0.2) is 40.8 Å². The van der Waals surface area contributed by atoms with E-state index in [1.54, 1.807) is 6.07 Å². The fourth-order valence-corrected chi connectivity index (χ4v) is 3.68. The first-order chi connectivity index (χ1) is 11.6. The summed E-state index contributed by atoms with van der Waals surface area (Å²) in [6.45, 7) is 2.75. The number of carbonyl (C=O) groups excluding carboxylic acids is 1. The summed E-state index contributed by atoms with van der Waals surface area (Å²) in [5, 5.41) is 1.31. The lowest BCUT2D eigenvalue weighted by atomic mass is 10.0. The van der Waals surface area contributed by atoms with Crippen LogP contribution in [0.25, 0.3) is 10.9 Å². The number of furan rings is 1. The van der Waals surface area contributed by atoms with E-state index in [9.17, 15) is 4.79 Å². The van der Waals surface area contributed by atoms with Crippen molar-refractivity contribution in [2.45, 2.75) is 19.5 Å². The number of fused-ring (bicyclic) bond motifs is 3. The molecule has 5 heteroatoms. The van der Waals surface area contributed by atoms with E-state index in [-0.39, 0.29) is 5.76 Å². The second kappa shape index (κ2) is 5.53. The van der Waals surface area contributed by atoms with Gasteiger partial charge in [-0.2, -0.15) is 0 Å². The van der Waals surface area contributed by atoms with Crippen molar-refractivity contribution in [1.29, 1.82) is 0 Å². The molecular weight excluding hydrogens is 304 g/mol. The van der Waals surface area contributed by atoms with Crippen LogP contribution in [0.3, 0.4) is 0 Å². The minimum Gasteiger partial charge on any atom is -0.463 e. The Labute approximate surface area is 140 Å². The zero-order valence-corrected chi connectivity index (χ0v) is 14.0. The summed E-state index contributed by atoms with van der Waals surface area (Å²) in [4.78, 5) is 15.1. The molecule has 1 N–H and O–H groups in total. The molecule has 24 heavy (non-hydrogen) atoms. The van der Waals surface area contributed by atoms with Crippen molar-refractivity contribution in [2.75, 3.05) is 20.7 Å². The Hall–Kier alpha value is -2.53. The molecule has 0 radical (unpaired) electrons. The Balaban J connectivity index is 1.60. The highest BCUT2D eigenvalue weighted by molar-refractivity contribution is 5.86. The van der Waals surface area contributed by atoms with Crippen LogP contribution in [0.5, 0.6) is 0 Å². The lowest BCUT2D eigenvalue weighted by Crippen LogP contribution is -2.46. The fraction of sp³-hybridized carbons (Fsp3) is 0.316. The normalized spacial score (nSPS) is 20.1. The van der Waals surface area contributed by atoms with Gasteiger partial charge in [0.1, 0.15) is 13.1 Å².